The number of fused-ring (bicyclic) bond motifs is 1. The third-order valence-electron chi connectivity index (χ3n) is 5.40. The van der Waals surface area contributed by atoms with Crippen LogP contribution >= 0.6 is 35.6 Å². The molecule has 3 aromatic carbocycles. The van der Waals surface area contributed by atoms with Crippen LogP contribution in [0.5, 0.6) is 0 Å². The first-order valence-electron chi connectivity index (χ1n) is 10.5. The van der Waals surface area contributed by atoms with Crippen LogP contribution in [0.25, 0.3) is 17.0 Å². The highest BCUT2D eigenvalue weighted by molar-refractivity contribution is 8.26. The summed E-state index contributed by atoms with van der Waals surface area (Å²) in [6.07, 6.45) is 3.86. The quantitative estimate of drug-likeness (QED) is 0.272. The molecule has 168 valence electrons. The molecule has 34 heavy (non-hydrogen) atoms. The van der Waals surface area contributed by atoms with Gasteiger partial charge in [0, 0.05) is 39.8 Å². The highest BCUT2D eigenvalue weighted by Gasteiger charge is 2.34. The number of hydrazine groups is 1. The summed E-state index contributed by atoms with van der Waals surface area (Å²) in [5, 5.41) is 2.58. The molecule has 1 saturated heterocycles. The second-order valence-electron chi connectivity index (χ2n) is 7.68. The summed E-state index contributed by atoms with van der Waals surface area (Å²) in [6, 6.07) is 24.8. The first-order chi connectivity index (χ1) is 16.5. The zero-order chi connectivity index (χ0) is 23.7. The lowest BCUT2D eigenvalue weighted by Gasteiger charge is -2.15. The van der Waals surface area contributed by atoms with Crippen LogP contribution in [0.3, 0.4) is 0 Å². The predicted octanol–water partition coefficient (Wildman–Crippen LogP) is 5.89. The third kappa shape index (κ3) is 4.50. The largest absolute Gasteiger partial charge is 0.342 e. The Morgan fingerprint density at radius 3 is 2.59 bits per heavy atom. The SMILES string of the molecule is O=C(NN1C(=O)/C(=C/c2cn(Cc3ccccc3)c3ccccc23)SC1=S)c1cccc(Cl)c1. The van der Waals surface area contributed by atoms with E-state index in [-0.39, 0.29) is 10.2 Å². The van der Waals surface area contributed by atoms with Gasteiger partial charge in [-0.15, -0.1) is 0 Å². The Labute approximate surface area is 211 Å². The summed E-state index contributed by atoms with van der Waals surface area (Å²) < 4.78 is 2.43. The average Bonchev–Trinajstić information content (AvgIpc) is 3.31. The molecule has 1 aliphatic rings. The number of halogens is 1. The number of amides is 2. The van der Waals surface area contributed by atoms with Crippen LogP contribution in [0.1, 0.15) is 21.5 Å². The maximum atomic E-state index is 13.1. The van der Waals surface area contributed by atoms with Gasteiger partial charge in [-0.25, -0.2) is 0 Å². The fraction of sp³-hybridized carbons (Fsp3) is 0.0385. The second-order valence-corrected chi connectivity index (χ2v) is 9.80. The zero-order valence-electron chi connectivity index (χ0n) is 17.8. The molecule has 0 unspecified atom stereocenters. The molecule has 2 heterocycles. The lowest BCUT2D eigenvalue weighted by atomic mass is 10.1. The van der Waals surface area contributed by atoms with Gasteiger partial charge in [-0.1, -0.05) is 78.0 Å². The lowest BCUT2D eigenvalue weighted by molar-refractivity contribution is -0.123. The first-order valence-corrected chi connectivity index (χ1v) is 12.1. The molecule has 8 heteroatoms. The highest BCUT2D eigenvalue weighted by atomic mass is 35.5. The van der Waals surface area contributed by atoms with Gasteiger partial charge in [0.15, 0.2) is 4.32 Å². The summed E-state index contributed by atoms with van der Waals surface area (Å²) in [5.41, 5.74) is 6.10. The fourth-order valence-electron chi connectivity index (χ4n) is 3.80. The van der Waals surface area contributed by atoms with Crippen LogP contribution < -0.4 is 5.43 Å². The normalized spacial score (nSPS) is 14.9. The zero-order valence-corrected chi connectivity index (χ0v) is 20.2. The number of thioether (sulfide) groups is 1. The molecule has 5 nitrogen and oxygen atoms in total. The van der Waals surface area contributed by atoms with Crippen molar-refractivity contribution >= 4 is 68.7 Å². The van der Waals surface area contributed by atoms with Crippen LogP contribution in [-0.4, -0.2) is 25.7 Å². The van der Waals surface area contributed by atoms with Gasteiger partial charge in [0.05, 0.1) is 4.91 Å². The number of hydrogen-bond acceptors (Lipinski definition) is 4. The molecule has 0 radical (unpaired) electrons. The molecule has 2 amide bonds. The van der Waals surface area contributed by atoms with E-state index in [2.05, 4.69) is 28.2 Å². The van der Waals surface area contributed by atoms with Crippen molar-refractivity contribution in [2.45, 2.75) is 6.54 Å². The molecule has 0 bridgehead atoms. The van der Waals surface area contributed by atoms with Gasteiger partial charge in [0.1, 0.15) is 0 Å². The number of hydrogen-bond donors (Lipinski definition) is 1. The van der Waals surface area contributed by atoms with Gasteiger partial charge in [-0.2, -0.15) is 5.01 Å². The Balaban J connectivity index is 1.42. The summed E-state index contributed by atoms with van der Waals surface area (Å²) in [4.78, 5) is 26.1. The van der Waals surface area contributed by atoms with Crippen molar-refractivity contribution in [1.82, 2.24) is 15.0 Å². The summed E-state index contributed by atoms with van der Waals surface area (Å²) in [7, 11) is 0. The van der Waals surface area contributed by atoms with Crippen molar-refractivity contribution in [3.63, 3.8) is 0 Å². The van der Waals surface area contributed by atoms with Crippen LogP contribution in [0.2, 0.25) is 5.02 Å². The highest BCUT2D eigenvalue weighted by Crippen LogP contribution is 2.34. The molecule has 0 atom stereocenters. The summed E-state index contributed by atoms with van der Waals surface area (Å²) in [5.74, 6) is -0.829. The monoisotopic (exact) mass is 503 g/mol. The molecule has 1 fully saturated rings. The van der Waals surface area contributed by atoms with Gasteiger partial charge in [-0.3, -0.25) is 15.0 Å². The average molecular weight is 504 g/mol. The Bertz CT molecular complexity index is 1460. The molecule has 5 rings (SSSR count). The van der Waals surface area contributed by atoms with Crippen molar-refractivity contribution in [1.29, 1.82) is 0 Å². The van der Waals surface area contributed by atoms with E-state index >= 15 is 0 Å². The predicted molar refractivity (Wildman–Crippen MR) is 141 cm³/mol. The van der Waals surface area contributed by atoms with E-state index in [0.29, 0.717) is 22.0 Å². The third-order valence-corrected chi connectivity index (χ3v) is 6.93. The molecular weight excluding hydrogens is 486 g/mol. The van der Waals surface area contributed by atoms with E-state index < -0.39 is 5.91 Å². The van der Waals surface area contributed by atoms with Crippen molar-refractivity contribution in [3.8, 4) is 0 Å². The van der Waals surface area contributed by atoms with Crippen LogP contribution in [0.4, 0.5) is 0 Å². The Morgan fingerprint density at radius 2 is 1.79 bits per heavy atom. The van der Waals surface area contributed by atoms with Gasteiger partial charge in [0.2, 0.25) is 0 Å². The van der Waals surface area contributed by atoms with Gasteiger partial charge in [-0.05, 0) is 48.1 Å². The minimum atomic E-state index is -0.459. The molecular formula is C26H18ClN3O2S2. The van der Waals surface area contributed by atoms with E-state index in [4.69, 9.17) is 23.8 Å². The van der Waals surface area contributed by atoms with Crippen LogP contribution in [0, 0.1) is 0 Å². The van der Waals surface area contributed by atoms with E-state index in [0.717, 1.165) is 33.2 Å². The Kier molecular flexibility index (Phi) is 6.24. The van der Waals surface area contributed by atoms with Crippen molar-refractivity contribution in [3.05, 3.63) is 112 Å². The maximum Gasteiger partial charge on any atom is 0.285 e. The standard InChI is InChI=1S/C26H18ClN3O2S2/c27-20-10-6-9-18(13-20)24(31)28-30-25(32)23(34-26(30)33)14-19-16-29(15-17-7-2-1-3-8-17)22-12-5-4-11-21(19)22/h1-14,16H,15H2,(H,28,31)/b23-14-. The Morgan fingerprint density at radius 1 is 1.03 bits per heavy atom. The second kappa shape index (κ2) is 9.46. The summed E-state index contributed by atoms with van der Waals surface area (Å²) >= 11 is 12.5. The van der Waals surface area contributed by atoms with Crippen LogP contribution in [0.15, 0.2) is 90.0 Å². The van der Waals surface area contributed by atoms with Gasteiger partial charge >= 0.3 is 0 Å². The topological polar surface area (TPSA) is 54.3 Å². The molecule has 1 N–H and O–H groups in total. The van der Waals surface area contributed by atoms with Crippen molar-refractivity contribution < 1.29 is 9.59 Å². The lowest BCUT2D eigenvalue weighted by Crippen LogP contribution is -2.44. The van der Waals surface area contributed by atoms with E-state index in [1.165, 1.54) is 11.6 Å². The van der Waals surface area contributed by atoms with Gasteiger partial charge < -0.3 is 4.57 Å². The van der Waals surface area contributed by atoms with Crippen molar-refractivity contribution in [2.75, 3.05) is 0 Å². The van der Waals surface area contributed by atoms with E-state index in [1.54, 1.807) is 18.2 Å². The van der Waals surface area contributed by atoms with Gasteiger partial charge in [0.25, 0.3) is 11.8 Å². The maximum absolute atomic E-state index is 13.1. The van der Waals surface area contributed by atoms with Crippen molar-refractivity contribution in [2.24, 2.45) is 0 Å². The molecule has 1 aromatic heterocycles. The first kappa shape index (κ1) is 22.4. The molecule has 0 spiro atoms. The molecule has 0 aliphatic carbocycles. The molecule has 4 aromatic rings. The molecule has 0 saturated carbocycles. The number of rotatable bonds is 5. The summed E-state index contributed by atoms with van der Waals surface area (Å²) in [6.45, 7) is 0.714. The number of nitrogens with zero attached hydrogens (tertiary/aromatic N) is 2. The molecule has 1 aliphatic heterocycles. The fourth-order valence-corrected chi connectivity index (χ4v) is 5.16. The van der Waals surface area contributed by atoms with E-state index in [9.17, 15) is 9.59 Å². The Hall–Kier alpha value is -3.39. The number of carbonyl (C=O) groups excluding carboxylic acids is 2. The van der Waals surface area contributed by atoms with Crippen LogP contribution in [-0.2, 0) is 11.3 Å². The number of para-hydroxylation sites is 1. The number of benzene rings is 3. The van der Waals surface area contributed by atoms with E-state index in [1.807, 2.05) is 48.7 Å². The minimum Gasteiger partial charge on any atom is -0.342 e. The number of nitrogens with one attached hydrogen (secondary N) is 1. The minimum absolute atomic E-state index is 0.264. The smallest absolute Gasteiger partial charge is 0.285 e. The number of aromatic nitrogens is 1. The number of thiocarbonyl (C=S) groups is 1. The number of carbonyl (C=O) groups is 2.